The molecular formula is C21H26F4N2O4. The van der Waals surface area contributed by atoms with Gasteiger partial charge in [0.15, 0.2) is 11.6 Å². The Morgan fingerprint density at radius 3 is 2.55 bits per heavy atom. The molecule has 31 heavy (non-hydrogen) atoms. The molecule has 0 bridgehead atoms. The largest absolute Gasteiger partial charge is 0.490 e. The molecule has 3 N–H and O–H groups in total. The third kappa shape index (κ3) is 4.80. The van der Waals surface area contributed by atoms with Crippen LogP contribution in [0.4, 0.5) is 17.6 Å². The van der Waals surface area contributed by atoms with Gasteiger partial charge in [-0.3, -0.25) is 9.69 Å². The number of hydrogen-bond donors (Lipinski definition) is 2. The third-order valence-corrected chi connectivity index (χ3v) is 6.46. The second kappa shape index (κ2) is 8.22. The van der Waals surface area contributed by atoms with Crippen LogP contribution in [-0.4, -0.2) is 54.5 Å². The number of aliphatic hydroxyl groups excluding tert-OH is 1. The highest BCUT2D eigenvalue weighted by molar-refractivity contribution is 5.42. The van der Waals surface area contributed by atoms with Gasteiger partial charge in [0.25, 0.3) is 6.47 Å². The molecule has 0 aromatic heterocycles. The molecule has 2 saturated carbocycles. The molecule has 172 valence electrons. The second-order valence-corrected chi connectivity index (χ2v) is 9.12. The summed E-state index contributed by atoms with van der Waals surface area (Å²) < 4.78 is 64.0. The van der Waals surface area contributed by atoms with Crippen LogP contribution in [0.25, 0.3) is 0 Å². The van der Waals surface area contributed by atoms with Crippen molar-refractivity contribution in [3.63, 3.8) is 0 Å². The van der Waals surface area contributed by atoms with Crippen molar-refractivity contribution in [2.24, 2.45) is 17.6 Å². The number of halogens is 4. The van der Waals surface area contributed by atoms with Gasteiger partial charge in [-0.25, -0.2) is 4.39 Å². The van der Waals surface area contributed by atoms with Crippen molar-refractivity contribution in [2.45, 2.75) is 49.5 Å². The Labute approximate surface area is 177 Å². The Morgan fingerprint density at radius 1 is 1.29 bits per heavy atom. The lowest BCUT2D eigenvalue weighted by molar-refractivity contribution is -0.146. The molecule has 1 saturated heterocycles. The highest BCUT2D eigenvalue weighted by Crippen LogP contribution is 2.47. The van der Waals surface area contributed by atoms with Crippen molar-refractivity contribution in [1.82, 2.24) is 4.90 Å². The first-order chi connectivity index (χ1) is 14.6. The lowest BCUT2D eigenvalue weighted by Crippen LogP contribution is -2.63. The average Bonchev–Trinajstić information content (AvgIpc) is 3.47. The van der Waals surface area contributed by atoms with Crippen molar-refractivity contribution < 1.29 is 36.9 Å². The minimum atomic E-state index is -4.59. The molecule has 1 heterocycles. The van der Waals surface area contributed by atoms with Crippen LogP contribution in [0.15, 0.2) is 12.1 Å². The van der Waals surface area contributed by atoms with Gasteiger partial charge < -0.3 is 20.3 Å². The predicted octanol–water partition coefficient (Wildman–Crippen LogP) is 2.63. The number of benzene rings is 1. The Bertz CT molecular complexity index is 818. The Balaban J connectivity index is 1.26. The van der Waals surface area contributed by atoms with Gasteiger partial charge in [0.1, 0.15) is 12.8 Å². The predicted molar refractivity (Wildman–Crippen MR) is 102 cm³/mol. The molecule has 0 spiro atoms. The number of likely N-dealkylation sites (tertiary alicyclic amines) is 1. The fourth-order valence-electron chi connectivity index (χ4n) is 4.61. The number of ether oxygens (including phenoxy) is 2. The van der Waals surface area contributed by atoms with Gasteiger partial charge in [0.05, 0.1) is 17.7 Å². The summed E-state index contributed by atoms with van der Waals surface area (Å²) in [4.78, 5) is 12.1. The maximum absolute atomic E-state index is 14.2. The molecule has 3 aliphatic rings. The molecule has 0 amide bonds. The monoisotopic (exact) mass is 446 g/mol. The average molecular weight is 446 g/mol. The number of nitrogens with two attached hydrogens (primary N) is 1. The first kappa shape index (κ1) is 22.3. The zero-order valence-electron chi connectivity index (χ0n) is 16.9. The molecule has 2 aliphatic carbocycles. The van der Waals surface area contributed by atoms with E-state index < -0.39 is 29.3 Å². The molecule has 10 heteroatoms. The number of nitrogens with zero attached hydrogens (tertiary/aromatic N) is 1. The number of aliphatic hydroxyl groups is 1. The fourth-order valence-corrected chi connectivity index (χ4v) is 4.61. The van der Waals surface area contributed by atoms with Gasteiger partial charge in [-0.05, 0) is 49.3 Å². The van der Waals surface area contributed by atoms with E-state index >= 15 is 0 Å². The van der Waals surface area contributed by atoms with E-state index in [0.29, 0.717) is 51.3 Å². The zero-order chi connectivity index (χ0) is 22.4. The molecule has 4 rings (SSSR count). The van der Waals surface area contributed by atoms with Crippen molar-refractivity contribution in [3.05, 3.63) is 29.1 Å². The summed E-state index contributed by atoms with van der Waals surface area (Å²) in [6.07, 6.45) is -2.86. The van der Waals surface area contributed by atoms with E-state index in [9.17, 15) is 27.5 Å². The quantitative estimate of drug-likeness (QED) is 0.448. The molecule has 0 radical (unpaired) electrons. The van der Waals surface area contributed by atoms with Crippen LogP contribution in [0, 0.1) is 17.7 Å². The minimum Gasteiger partial charge on any atom is -0.490 e. The lowest BCUT2D eigenvalue weighted by Gasteiger charge is -2.51. The van der Waals surface area contributed by atoms with Crippen molar-refractivity contribution in [3.8, 4) is 5.75 Å². The molecule has 1 aromatic rings. The topological polar surface area (TPSA) is 85.0 Å². The molecule has 1 aromatic carbocycles. The van der Waals surface area contributed by atoms with Crippen LogP contribution in [0.3, 0.4) is 0 Å². The molecule has 6 nitrogen and oxygen atoms in total. The van der Waals surface area contributed by atoms with E-state index in [1.165, 1.54) is 6.07 Å². The Morgan fingerprint density at radius 2 is 1.97 bits per heavy atom. The van der Waals surface area contributed by atoms with Gasteiger partial charge in [-0.2, -0.15) is 13.2 Å². The maximum Gasteiger partial charge on any atom is 0.416 e. The molecule has 1 unspecified atom stereocenters. The first-order valence-corrected chi connectivity index (χ1v) is 10.4. The molecular weight excluding hydrogens is 420 g/mol. The summed E-state index contributed by atoms with van der Waals surface area (Å²) in [5.41, 5.74) is 4.65. The smallest absolute Gasteiger partial charge is 0.416 e. The highest BCUT2D eigenvalue weighted by atomic mass is 19.4. The fraction of sp³-hybridized carbons (Fsp3) is 0.667. The molecule has 1 atom stereocenters. The van der Waals surface area contributed by atoms with Crippen LogP contribution < -0.4 is 10.5 Å². The number of hydrogen-bond acceptors (Lipinski definition) is 6. The highest BCUT2D eigenvalue weighted by Gasteiger charge is 2.48. The van der Waals surface area contributed by atoms with Crippen LogP contribution >= 0.6 is 0 Å². The molecule has 1 aliphatic heterocycles. The van der Waals surface area contributed by atoms with Gasteiger partial charge in [-0.15, -0.1) is 0 Å². The van der Waals surface area contributed by atoms with Gasteiger partial charge in [0.2, 0.25) is 0 Å². The Kier molecular flexibility index (Phi) is 5.91. The molecule has 3 fully saturated rings. The van der Waals surface area contributed by atoms with Gasteiger partial charge >= 0.3 is 6.18 Å². The van der Waals surface area contributed by atoms with Gasteiger partial charge in [0, 0.05) is 24.9 Å². The van der Waals surface area contributed by atoms with E-state index in [2.05, 4.69) is 0 Å². The van der Waals surface area contributed by atoms with E-state index in [4.69, 9.17) is 15.2 Å². The van der Waals surface area contributed by atoms with E-state index in [1.807, 2.05) is 4.90 Å². The summed E-state index contributed by atoms with van der Waals surface area (Å²) >= 11 is 0. The van der Waals surface area contributed by atoms with Crippen LogP contribution in [0.2, 0.25) is 0 Å². The second-order valence-electron chi connectivity index (χ2n) is 9.12. The minimum absolute atomic E-state index is 0.0180. The van der Waals surface area contributed by atoms with Crippen molar-refractivity contribution in [1.29, 1.82) is 0 Å². The van der Waals surface area contributed by atoms with E-state index in [0.717, 1.165) is 0 Å². The third-order valence-electron chi connectivity index (χ3n) is 6.46. The maximum atomic E-state index is 14.2. The standard InChI is InChI=1S/C21H26F4N2O4/c22-17-4-16(21(23,24)25)15(13-1-2-13)3-18(17)31-9-12-7-27(8-12)19(29)14-5-20(26,6-14)10-30-11-28/h3-4,11-14,19,29H,1-2,5-10,26H2/t14-,19?,20+. The van der Waals surface area contributed by atoms with Crippen LogP contribution in [0.5, 0.6) is 5.75 Å². The van der Waals surface area contributed by atoms with Crippen LogP contribution in [0.1, 0.15) is 42.7 Å². The zero-order valence-corrected chi connectivity index (χ0v) is 16.9. The van der Waals surface area contributed by atoms with Crippen LogP contribution in [-0.2, 0) is 15.7 Å². The summed E-state index contributed by atoms with van der Waals surface area (Å²) in [5, 5.41) is 10.5. The van der Waals surface area contributed by atoms with Crippen molar-refractivity contribution in [2.75, 3.05) is 26.3 Å². The normalized spacial score (nSPS) is 27.9. The van der Waals surface area contributed by atoms with E-state index in [-0.39, 0.29) is 42.3 Å². The summed E-state index contributed by atoms with van der Waals surface area (Å²) in [6, 6.07) is 1.72. The summed E-state index contributed by atoms with van der Waals surface area (Å²) in [6.45, 7) is 1.72. The number of carbonyl (C=O) groups is 1. The van der Waals surface area contributed by atoms with Gasteiger partial charge in [-0.1, -0.05) is 0 Å². The SMILES string of the molecule is N[C@]1(COC=O)C[C@H](C(O)N2CC(COc3cc(C4CC4)c(C(F)(F)F)cc3F)C2)C1. The number of rotatable bonds is 9. The Hall–Kier alpha value is -1.91. The number of carbonyl (C=O) groups excluding carboxylic acids is 1. The summed E-state index contributed by atoms with van der Waals surface area (Å²) in [5.74, 6) is -1.34. The summed E-state index contributed by atoms with van der Waals surface area (Å²) in [7, 11) is 0. The number of alkyl halides is 3. The van der Waals surface area contributed by atoms with Crippen molar-refractivity contribution >= 4 is 6.47 Å². The van der Waals surface area contributed by atoms with E-state index in [1.54, 1.807) is 0 Å². The lowest BCUT2D eigenvalue weighted by atomic mass is 9.68. The first-order valence-electron chi connectivity index (χ1n) is 10.4.